The molecule has 1 saturated heterocycles. The summed E-state index contributed by atoms with van der Waals surface area (Å²) in [4.78, 5) is 26.6. The molecule has 8 heteroatoms. The molecule has 2 aliphatic rings. The quantitative estimate of drug-likeness (QED) is 0.559. The molecule has 134 valence electrons. The van der Waals surface area contributed by atoms with E-state index in [9.17, 15) is 14.9 Å². The van der Waals surface area contributed by atoms with Crippen LogP contribution in [0.2, 0.25) is 0 Å². The highest BCUT2D eigenvalue weighted by Crippen LogP contribution is 2.37. The number of cyclic esters (lactones) is 1. The fraction of sp³-hybridized carbons (Fsp3) is 0.278. The van der Waals surface area contributed by atoms with E-state index in [1.807, 2.05) is 23.1 Å². The Balaban J connectivity index is 1.69. The van der Waals surface area contributed by atoms with E-state index in [1.165, 1.54) is 6.07 Å². The average Bonchev–Trinajstić information content (AvgIpc) is 3.06. The van der Waals surface area contributed by atoms with Crippen molar-refractivity contribution in [3.05, 3.63) is 62.1 Å². The van der Waals surface area contributed by atoms with Gasteiger partial charge in [0.15, 0.2) is 0 Å². The van der Waals surface area contributed by atoms with Crippen molar-refractivity contribution in [2.75, 3.05) is 29.5 Å². The highest BCUT2D eigenvalue weighted by molar-refractivity contribution is 9.10. The number of ether oxygens (including phenoxy) is 1. The molecule has 0 aliphatic carbocycles. The number of hydrogen-bond acceptors (Lipinski definition) is 5. The Morgan fingerprint density at radius 2 is 2.00 bits per heavy atom. The zero-order valence-electron chi connectivity index (χ0n) is 13.9. The van der Waals surface area contributed by atoms with Crippen molar-refractivity contribution >= 4 is 39.1 Å². The van der Waals surface area contributed by atoms with Crippen LogP contribution in [-0.4, -0.2) is 30.7 Å². The first-order valence-electron chi connectivity index (χ1n) is 8.28. The van der Waals surface area contributed by atoms with E-state index in [0.717, 1.165) is 21.3 Å². The lowest BCUT2D eigenvalue weighted by Gasteiger charge is -2.32. The molecule has 2 heterocycles. The maximum absolute atomic E-state index is 11.9. The monoisotopic (exact) mass is 417 g/mol. The molecule has 7 nitrogen and oxygen atoms in total. The summed E-state index contributed by atoms with van der Waals surface area (Å²) >= 11 is 3.40. The van der Waals surface area contributed by atoms with Crippen molar-refractivity contribution in [1.82, 2.24) is 0 Å². The number of fused-ring (bicyclic) bond motifs is 1. The second-order valence-corrected chi connectivity index (χ2v) is 7.16. The second kappa shape index (κ2) is 6.60. The number of carbonyl (C=O) groups is 1. The molecule has 1 amide bonds. The predicted molar refractivity (Wildman–Crippen MR) is 101 cm³/mol. The third-order valence-corrected chi connectivity index (χ3v) is 5.26. The van der Waals surface area contributed by atoms with Gasteiger partial charge in [0.25, 0.3) is 5.69 Å². The van der Waals surface area contributed by atoms with Gasteiger partial charge in [-0.3, -0.25) is 15.0 Å². The van der Waals surface area contributed by atoms with Crippen molar-refractivity contribution in [3.63, 3.8) is 0 Å². The zero-order chi connectivity index (χ0) is 18.3. The molecule has 1 fully saturated rings. The molecule has 0 aromatic heterocycles. The van der Waals surface area contributed by atoms with Crippen molar-refractivity contribution in [3.8, 4) is 0 Å². The van der Waals surface area contributed by atoms with Crippen molar-refractivity contribution in [1.29, 1.82) is 0 Å². The summed E-state index contributed by atoms with van der Waals surface area (Å²) in [5, 5.41) is 11.4. The molecule has 0 radical (unpaired) electrons. The molecule has 26 heavy (non-hydrogen) atoms. The van der Waals surface area contributed by atoms with Gasteiger partial charge in [-0.15, -0.1) is 0 Å². The molecule has 0 bridgehead atoms. The first-order chi connectivity index (χ1) is 12.5. The zero-order valence-corrected chi connectivity index (χ0v) is 15.4. The number of nitro groups is 1. The minimum absolute atomic E-state index is 0.0934. The topological polar surface area (TPSA) is 75.9 Å². The van der Waals surface area contributed by atoms with Gasteiger partial charge in [0, 0.05) is 23.6 Å². The van der Waals surface area contributed by atoms with E-state index in [-0.39, 0.29) is 16.7 Å². The van der Waals surface area contributed by atoms with Gasteiger partial charge in [0.1, 0.15) is 12.3 Å². The largest absolute Gasteiger partial charge is 0.447 e. The maximum Gasteiger partial charge on any atom is 0.414 e. The molecule has 0 N–H and O–H groups in total. The van der Waals surface area contributed by atoms with Gasteiger partial charge in [0.05, 0.1) is 17.2 Å². The minimum Gasteiger partial charge on any atom is -0.447 e. The number of nitro benzene ring substituents is 1. The van der Waals surface area contributed by atoms with Crippen molar-refractivity contribution < 1.29 is 14.5 Å². The lowest BCUT2D eigenvalue weighted by Crippen LogP contribution is -2.33. The summed E-state index contributed by atoms with van der Waals surface area (Å²) in [6.07, 6.45) is 0.391. The van der Waals surface area contributed by atoms with Crippen LogP contribution in [0, 0.1) is 10.1 Å². The van der Waals surface area contributed by atoms with Crippen LogP contribution < -0.4 is 9.80 Å². The predicted octanol–water partition coefficient (Wildman–Crippen LogP) is 3.88. The van der Waals surface area contributed by atoms with Crippen LogP contribution in [0.15, 0.2) is 40.9 Å². The summed E-state index contributed by atoms with van der Waals surface area (Å²) in [5.74, 6) is 0. The maximum atomic E-state index is 11.9. The fourth-order valence-corrected chi connectivity index (χ4v) is 3.91. The number of hydrogen-bond donors (Lipinski definition) is 0. The number of rotatable bonds is 3. The van der Waals surface area contributed by atoms with Crippen LogP contribution in [0.4, 0.5) is 21.9 Å². The van der Waals surface area contributed by atoms with Crippen molar-refractivity contribution in [2.45, 2.75) is 13.0 Å². The summed E-state index contributed by atoms with van der Waals surface area (Å²) in [7, 11) is 0. The number of carbonyl (C=O) groups excluding carboxylic acids is 1. The van der Waals surface area contributed by atoms with Gasteiger partial charge in [-0.05, 0) is 35.7 Å². The Labute approximate surface area is 158 Å². The number of halogens is 1. The van der Waals surface area contributed by atoms with Crippen molar-refractivity contribution in [2.24, 2.45) is 0 Å². The van der Waals surface area contributed by atoms with Crippen LogP contribution >= 0.6 is 15.9 Å². The average molecular weight is 418 g/mol. The molecule has 2 aromatic carbocycles. The molecular weight excluding hydrogens is 402 g/mol. The molecule has 2 aromatic rings. The third kappa shape index (κ3) is 2.90. The number of amides is 1. The molecule has 0 unspecified atom stereocenters. The van der Waals surface area contributed by atoms with Crippen LogP contribution in [0.1, 0.15) is 11.1 Å². The second-order valence-electron chi connectivity index (χ2n) is 6.24. The van der Waals surface area contributed by atoms with Crippen LogP contribution in [-0.2, 0) is 17.7 Å². The Morgan fingerprint density at radius 3 is 2.73 bits per heavy atom. The normalized spacial score (nSPS) is 16.4. The Bertz CT molecular complexity index is 902. The summed E-state index contributed by atoms with van der Waals surface area (Å²) < 4.78 is 5.86. The summed E-state index contributed by atoms with van der Waals surface area (Å²) in [6.45, 7) is 2.16. The molecule has 2 aliphatic heterocycles. The molecule has 0 spiro atoms. The SMILES string of the molecule is O=C1OCCN1c1cccc2c1CCN(c1cc(Br)ccc1[N+](=O)[O-])C2. The van der Waals surface area contributed by atoms with Gasteiger partial charge in [0.2, 0.25) is 0 Å². The van der Waals surface area contributed by atoms with Gasteiger partial charge in [-0.1, -0.05) is 28.1 Å². The fourth-order valence-electron chi connectivity index (χ4n) is 3.56. The minimum atomic E-state index is -0.353. The third-order valence-electron chi connectivity index (χ3n) is 4.77. The first kappa shape index (κ1) is 16.8. The van der Waals surface area contributed by atoms with Gasteiger partial charge in [-0.2, -0.15) is 0 Å². The molecule has 4 rings (SSSR count). The lowest BCUT2D eigenvalue weighted by atomic mass is 9.96. The van der Waals surface area contributed by atoms with Crippen LogP contribution in [0.3, 0.4) is 0 Å². The first-order valence-corrected chi connectivity index (χ1v) is 9.08. The molecule has 0 atom stereocenters. The Kier molecular flexibility index (Phi) is 4.28. The summed E-state index contributed by atoms with van der Waals surface area (Å²) in [6, 6.07) is 10.8. The van der Waals surface area contributed by atoms with E-state index >= 15 is 0 Å². The number of anilines is 2. The van der Waals surface area contributed by atoms with E-state index < -0.39 is 0 Å². The van der Waals surface area contributed by atoms with E-state index in [0.29, 0.717) is 38.3 Å². The van der Waals surface area contributed by atoms with Gasteiger partial charge >= 0.3 is 6.09 Å². The standard InChI is InChI=1S/C18H16BrN3O4/c19-13-4-5-16(22(24)25)17(10-13)20-7-6-14-12(11-20)2-1-3-15(14)21-8-9-26-18(21)23/h1-5,10H,6-9,11H2. The Hall–Kier alpha value is -2.61. The smallest absolute Gasteiger partial charge is 0.414 e. The van der Waals surface area contributed by atoms with Crippen LogP contribution in [0.5, 0.6) is 0 Å². The Morgan fingerprint density at radius 1 is 1.15 bits per heavy atom. The van der Waals surface area contributed by atoms with Crippen LogP contribution in [0.25, 0.3) is 0 Å². The number of benzene rings is 2. The lowest BCUT2D eigenvalue weighted by molar-refractivity contribution is -0.384. The van der Waals surface area contributed by atoms with E-state index in [4.69, 9.17) is 4.74 Å². The highest BCUT2D eigenvalue weighted by Gasteiger charge is 2.30. The highest BCUT2D eigenvalue weighted by atomic mass is 79.9. The van der Waals surface area contributed by atoms with Gasteiger partial charge < -0.3 is 9.64 Å². The molecule has 0 saturated carbocycles. The van der Waals surface area contributed by atoms with E-state index in [2.05, 4.69) is 15.9 Å². The number of nitrogens with zero attached hydrogens (tertiary/aromatic N) is 3. The molecular formula is C18H16BrN3O4. The van der Waals surface area contributed by atoms with Gasteiger partial charge in [-0.25, -0.2) is 4.79 Å². The summed E-state index contributed by atoms with van der Waals surface area (Å²) in [5.41, 5.74) is 3.76. The van der Waals surface area contributed by atoms with E-state index in [1.54, 1.807) is 17.0 Å².